The molecule has 0 atom stereocenters. The Kier molecular flexibility index (Phi) is 2.19. The van der Waals surface area contributed by atoms with E-state index in [1.165, 1.54) is 6.20 Å². The van der Waals surface area contributed by atoms with Crippen LogP contribution in [-0.4, -0.2) is 44.9 Å². The molecule has 3 heterocycles. The molecule has 1 aliphatic heterocycles. The fourth-order valence-corrected chi connectivity index (χ4v) is 2.69. The highest BCUT2D eigenvalue weighted by Gasteiger charge is 2.48. The Bertz CT molecular complexity index is 705. The first-order valence-corrected chi connectivity index (χ1v) is 6.57. The van der Waals surface area contributed by atoms with E-state index >= 15 is 0 Å². The quantitative estimate of drug-likeness (QED) is 0.760. The van der Waals surface area contributed by atoms with Gasteiger partial charge in [-0.3, -0.25) is 0 Å². The third kappa shape index (κ3) is 1.73. The predicted octanol–water partition coefficient (Wildman–Crippen LogP) is 0.274. The summed E-state index contributed by atoms with van der Waals surface area (Å²) < 4.78 is 7.30. The molecule has 2 aliphatic rings. The molecule has 2 fully saturated rings. The summed E-state index contributed by atoms with van der Waals surface area (Å²) in [5.41, 5.74) is 0.829. The standard InChI is InChI=1S/C11H12ClN5O2/c12-9-13-5-7-8(15-9)17(10(18)14-7)16-3-4-19-11(6-16)1-2-11/h5H,1-4,6H2,(H,14,18). The van der Waals surface area contributed by atoms with Gasteiger partial charge in [-0.2, -0.15) is 9.66 Å². The average molecular weight is 282 g/mol. The van der Waals surface area contributed by atoms with Gasteiger partial charge in [0.2, 0.25) is 5.28 Å². The van der Waals surface area contributed by atoms with Gasteiger partial charge in [-0.15, -0.1) is 0 Å². The molecule has 1 N–H and O–H groups in total. The van der Waals surface area contributed by atoms with Gasteiger partial charge in [0.1, 0.15) is 5.52 Å². The number of hydrogen-bond donors (Lipinski definition) is 1. The maximum Gasteiger partial charge on any atom is 0.346 e. The van der Waals surface area contributed by atoms with Crippen LogP contribution in [0.25, 0.3) is 11.2 Å². The summed E-state index contributed by atoms with van der Waals surface area (Å²) in [6.07, 6.45) is 3.63. The number of morpholine rings is 1. The molecule has 2 aromatic rings. The molecule has 7 nitrogen and oxygen atoms in total. The number of fused-ring (bicyclic) bond motifs is 1. The van der Waals surface area contributed by atoms with E-state index in [9.17, 15) is 4.79 Å². The van der Waals surface area contributed by atoms with Crippen LogP contribution in [0.3, 0.4) is 0 Å². The Morgan fingerprint density at radius 2 is 2.32 bits per heavy atom. The Labute approximate surface area is 113 Å². The highest BCUT2D eigenvalue weighted by molar-refractivity contribution is 6.28. The van der Waals surface area contributed by atoms with Gasteiger partial charge >= 0.3 is 5.69 Å². The number of hydrogen-bond acceptors (Lipinski definition) is 5. The van der Waals surface area contributed by atoms with Crippen molar-refractivity contribution in [1.82, 2.24) is 19.6 Å². The zero-order valence-corrected chi connectivity index (χ0v) is 10.9. The molecule has 1 aliphatic carbocycles. The Morgan fingerprint density at radius 3 is 3.11 bits per heavy atom. The van der Waals surface area contributed by atoms with E-state index in [1.807, 2.05) is 5.01 Å². The first kappa shape index (κ1) is 11.2. The topological polar surface area (TPSA) is 76.0 Å². The lowest BCUT2D eigenvalue weighted by atomic mass is 10.3. The first-order valence-electron chi connectivity index (χ1n) is 6.19. The summed E-state index contributed by atoms with van der Waals surface area (Å²) in [5.74, 6) is 0. The zero-order valence-electron chi connectivity index (χ0n) is 10.1. The zero-order chi connectivity index (χ0) is 13.0. The van der Waals surface area contributed by atoms with Gasteiger partial charge in [-0.1, -0.05) is 0 Å². The van der Waals surface area contributed by atoms with Crippen molar-refractivity contribution in [2.75, 3.05) is 24.7 Å². The molecule has 8 heteroatoms. The summed E-state index contributed by atoms with van der Waals surface area (Å²) in [6.45, 7) is 2.00. The lowest BCUT2D eigenvalue weighted by molar-refractivity contribution is 0.0120. The third-order valence-electron chi connectivity index (χ3n) is 3.69. The molecule has 1 saturated heterocycles. The van der Waals surface area contributed by atoms with Crippen LogP contribution in [0.4, 0.5) is 0 Å². The molecule has 0 unspecified atom stereocenters. The number of H-pyrrole nitrogens is 1. The highest BCUT2D eigenvalue weighted by atomic mass is 35.5. The van der Waals surface area contributed by atoms with Crippen molar-refractivity contribution in [3.8, 4) is 0 Å². The summed E-state index contributed by atoms with van der Waals surface area (Å²) in [7, 11) is 0. The van der Waals surface area contributed by atoms with Crippen molar-refractivity contribution >= 4 is 22.8 Å². The molecule has 100 valence electrons. The van der Waals surface area contributed by atoms with E-state index in [1.54, 1.807) is 4.68 Å². The molecule has 0 amide bonds. The fraction of sp³-hybridized carbons (Fsp3) is 0.545. The average Bonchev–Trinajstić information content (AvgIpc) is 3.03. The van der Waals surface area contributed by atoms with Crippen molar-refractivity contribution in [2.45, 2.75) is 18.4 Å². The lowest BCUT2D eigenvalue weighted by Crippen LogP contribution is -2.52. The lowest BCUT2D eigenvalue weighted by Gasteiger charge is -2.34. The monoisotopic (exact) mass is 281 g/mol. The maximum absolute atomic E-state index is 12.1. The van der Waals surface area contributed by atoms with Crippen LogP contribution in [0.5, 0.6) is 0 Å². The van der Waals surface area contributed by atoms with E-state index < -0.39 is 0 Å². The summed E-state index contributed by atoms with van der Waals surface area (Å²) >= 11 is 5.81. The minimum atomic E-state index is -0.218. The van der Waals surface area contributed by atoms with Crippen LogP contribution in [0.1, 0.15) is 12.8 Å². The van der Waals surface area contributed by atoms with Crippen molar-refractivity contribution < 1.29 is 4.74 Å². The minimum Gasteiger partial charge on any atom is -0.371 e. The fourth-order valence-electron chi connectivity index (χ4n) is 2.57. The number of ether oxygens (including phenoxy) is 1. The van der Waals surface area contributed by atoms with E-state index in [0.717, 1.165) is 12.8 Å². The molecule has 19 heavy (non-hydrogen) atoms. The molecule has 2 aromatic heterocycles. The van der Waals surface area contributed by atoms with Crippen molar-refractivity contribution in [1.29, 1.82) is 0 Å². The molecular weight excluding hydrogens is 270 g/mol. The second-order valence-electron chi connectivity index (χ2n) is 5.04. The van der Waals surface area contributed by atoms with Gasteiger partial charge in [0, 0.05) is 0 Å². The van der Waals surface area contributed by atoms with Crippen LogP contribution < -0.4 is 10.7 Å². The van der Waals surface area contributed by atoms with Crippen molar-refractivity contribution in [2.24, 2.45) is 0 Å². The Morgan fingerprint density at radius 1 is 1.47 bits per heavy atom. The second kappa shape index (κ2) is 3.71. The molecule has 4 rings (SSSR count). The largest absolute Gasteiger partial charge is 0.371 e. The van der Waals surface area contributed by atoms with Crippen LogP contribution in [0.15, 0.2) is 11.0 Å². The van der Waals surface area contributed by atoms with E-state index in [-0.39, 0.29) is 16.6 Å². The second-order valence-corrected chi connectivity index (χ2v) is 5.38. The van der Waals surface area contributed by atoms with Gasteiger partial charge in [0.25, 0.3) is 0 Å². The van der Waals surface area contributed by atoms with E-state index in [4.69, 9.17) is 16.3 Å². The SMILES string of the molecule is O=c1[nH]c2cnc(Cl)nc2n1N1CCOC2(CC2)C1. The summed E-state index contributed by atoms with van der Waals surface area (Å²) in [4.78, 5) is 22.9. The van der Waals surface area contributed by atoms with Gasteiger partial charge < -0.3 is 14.7 Å². The van der Waals surface area contributed by atoms with Crippen molar-refractivity contribution in [3.63, 3.8) is 0 Å². The third-order valence-corrected chi connectivity index (χ3v) is 3.87. The number of imidazole rings is 1. The molecule has 1 saturated carbocycles. The van der Waals surface area contributed by atoms with Gasteiger partial charge in [-0.05, 0) is 24.4 Å². The number of aromatic nitrogens is 4. The summed E-state index contributed by atoms with van der Waals surface area (Å²) in [6, 6.07) is 0. The molecular formula is C11H12ClN5O2. The minimum absolute atomic E-state index is 0.0574. The van der Waals surface area contributed by atoms with Crippen LogP contribution in [-0.2, 0) is 4.74 Å². The van der Waals surface area contributed by atoms with E-state index in [2.05, 4.69) is 15.0 Å². The van der Waals surface area contributed by atoms with Gasteiger partial charge in [0.05, 0.1) is 31.5 Å². The summed E-state index contributed by atoms with van der Waals surface area (Å²) in [5, 5.41) is 2.11. The number of aromatic amines is 1. The van der Waals surface area contributed by atoms with Gasteiger partial charge in [-0.25, -0.2) is 9.78 Å². The molecule has 0 aromatic carbocycles. The number of halogens is 1. The highest BCUT2D eigenvalue weighted by Crippen LogP contribution is 2.41. The first-order chi connectivity index (χ1) is 9.17. The Balaban J connectivity index is 1.83. The van der Waals surface area contributed by atoms with Crippen LogP contribution in [0, 0.1) is 0 Å². The van der Waals surface area contributed by atoms with Crippen molar-refractivity contribution in [3.05, 3.63) is 22.0 Å². The van der Waals surface area contributed by atoms with Crippen LogP contribution >= 0.6 is 11.6 Å². The number of nitrogens with one attached hydrogen (secondary N) is 1. The number of nitrogens with zero attached hydrogens (tertiary/aromatic N) is 4. The van der Waals surface area contributed by atoms with Crippen LogP contribution in [0.2, 0.25) is 5.28 Å². The molecule has 0 bridgehead atoms. The molecule has 1 spiro atoms. The Hall–Kier alpha value is -1.60. The number of rotatable bonds is 1. The van der Waals surface area contributed by atoms with E-state index in [0.29, 0.717) is 30.9 Å². The normalized spacial score (nSPS) is 21.2. The van der Waals surface area contributed by atoms with Gasteiger partial charge in [0.15, 0.2) is 5.65 Å². The molecule has 0 radical (unpaired) electrons. The predicted molar refractivity (Wildman–Crippen MR) is 69.0 cm³/mol. The maximum atomic E-state index is 12.1. The smallest absolute Gasteiger partial charge is 0.346 e.